The highest BCUT2D eigenvalue weighted by Gasteiger charge is 2.18. The predicted octanol–water partition coefficient (Wildman–Crippen LogP) is 3.81. The second-order valence-electron chi connectivity index (χ2n) is 4.82. The van der Waals surface area contributed by atoms with E-state index >= 15 is 0 Å². The summed E-state index contributed by atoms with van der Waals surface area (Å²) in [7, 11) is 0. The Hall–Kier alpha value is -1.10. The summed E-state index contributed by atoms with van der Waals surface area (Å²) >= 11 is 3.38. The van der Waals surface area contributed by atoms with E-state index < -0.39 is 11.7 Å². The lowest BCUT2D eigenvalue weighted by atomic mass is 10.2. The highest BCUT2D eigenvalue weighted by molar-refractivity contribution is 9.10. The smallest absolute Gasteiger partial charge is 0.412 e. The number of nitrogens with one attached hydrogen (secondary N) is 1. The van der Waals surface area contributed by atoms with E-state index in [1.165, 1.54) is 0 Å². The molecule has 17 heavy (non-hydrogen) atoms. The SMILES string of the molecule is Cc1ncc(Br)c(C)c1NC(=O)OC(C)(C)C. The number of hydrogen-bond acceptors (Lipinski definition) is 3. The lowest BCUT2D eigenvalue weighted by molar-refractivity contribution is 0.0635. The van der Waals surface area contributed by atoms with Gasteiger partial charge in [-0.25, -0.2) is 4.79 Å². The number of halogens is 1. The average Bonchev–Trinajstić information content (AvgIpc) is 2.16. The number of aryl methyl sites for hydroxylation is 1. The van der Waals surface area contributed by atoms with Crippen molar-refractivity contribution < 1.29 is 9.53 Å². The Morgan fingerprint density at radius 3 is 2.53 bits per heavy atom. The maximum Gasteiger partial charge on any atom is 0.412 e. The molecular formula is C12H17BrN2O2. The van der Waals surface area contributed by atoms with Crippen LogP contribution in [0.15, 0.2) is 10.7 Å². The molecule has 0 fully saturated rings. The Bertz CT molecular complexity index is 439. The molecule has 0 aromatic carbocycles. The molecule has 0 aliphatic carbocycles. The van der Waals surface area contributed by atoms with Crippen molar-refractivity contribution in [1.82, 2.24) is 4.98 Å². The van der Waals surface area contributed by atoms with Crippen LogP contribution in [0.2, 0.25) is 0 Å². The van der Waals surface area contributed by atoms with E-state index in [0.29, 0.717) is 5.69 Å². The molecule has 0 aliphatic rings. The first-order chi connectivity index (χ1) is 7.70. The van der Waals surface area contributed by atoms with Gasteiger partial charge in [0, 0.05) is 10.7 Å². The molecule has 4 nitrogen and oxygen atoms in total. The Morgan fingerprint density at radius 2 is 2.00 bits per heavy atom. The normalized spacial score (nSPS) is 11.2. The molecular weight excluding hydrogens is 284 g/mol. The maximum absolute atomic E-state index is 11.7. The lowest BCUT2D eigenvalue weighted by Gasteiger charge is -2.20. The fraction of sp³-hybridized carbons (Fsp3) is 0.500. The van der Waals surface area contributed by atoms with Crippen molar-refractivity contribution in [2.45, 2.75) is 40.2 Å². The first-order valence-corrected chi connectivity index (χ1v) is 6.11. The number of amides is 1. The van der Waals surface area contributed by atoms with Gasteiger partial charge in [0.2, 0.25) is 0 Å². The maximum atomic E-state index is 11.7. The lowest BCUT2D eigenvalue weighted by Crippen LogP contribution is -2.27. The van der Waals surface area contributed by atoms with Crippen LogP contribution in [0.4, 0.5) is 10.5 Å². The third-order valence-corrected chi connectivity index (χ3v) is 2.89. The molecule has 0 atom stereocenters. The van der Waals surface area contributed by atoms with Gasteiger partial charge in [-0.3, -0.25) is 10.3 Å². The second kappa shape index (κ2) is 5.04. The fourth-order valence-electron chi connectivity index (χ4n) is 1.30. The molecule has 5 heteroatoms. The minimum absolute atomic E-state index is 0.469. The molecule has 1 aromatic rings. The van der Waals surface area contributed by atoms with Crippen LogP contribution in [0.3, 0.4) is 0 Å². The zero-order chi connectivity index (χ0) is 13.2. The molecule has 0 unspecified atom stereocenters. The van der Waals surface area contributed by atoms with Crippen LogP contribution in [0.25, 0.3) is 0 Å². The first kappa shape index (κ1) is 14.0. The van der Waals surface area contributed by atoms with Gasteiger partial charge in [-0.2, -0.15) is 0 Å². The van der Waals surface area contributed by atoms with Gasteiger partial charge in [0.25, 0.3) is 0 Å². The van der Waals surface area contributed by atoms with Crippen LogP contribution in [0.1, 0.15) is 32.0 Å². The van der Waals surface area contributed by atoms with Crippen LogP contribution < -0.4 is 5.32 Å². The van der Waals surface area contributed by atoms with Gasteiger partial charge in [0.15, 0.2) is 0 Å². The largest absolute Gasteiger partial charge is 0.444 e. The van der Waals surface area contributed by atoms with Gasteiger partial charge >= 0.3 is 6.09 Å². The van der Waals surface area contributed by atoms with Crippen molar-refractivity contribution in [1.29, 1.82) is 0 Å². The van der Waals surface area contributed by atoms with Gasteiger partial charge in [0.05, 0.1) is 11.4 Å². The van der Waals surface area contributed by atoms with Crippen LogP contribution in [-0.2, 0) is 4.74 Å². The number of hydrogen-bond donors (Lipinski definition) is 1. The molecule has 1 aromatic heterocycles. The summed E-state index contributed by atoms with van der Waals surface area (Å²) in [5, 5.41) is 2.72. The standard InChI is InChI=1S/C12H17BrN2O2/c1-7-9(13)6-14-8(2)10(7)15-11(16)17-12(3,4)5/h6H,1-5H3,(H,15,16). The summed E-state index contributed by atoms with van der Waals surface area (Å²) in [5.41, 5.74) is 1.87. The minimum atomic E-state index is -0.509. The molecule has 0 saturated heterocycles. The number of carbonyl (C=O) groups excluding carboxylic acids is 1. The van der Waals surface area contributed by atoms with E-state index in [4.69, 9.17) is 4.74 Å². The third kappa shape index (κ3) is 4.00. The summed E-state index contributed by atoms with van der Waals surface area (Å²) in [5.74, 6) is 0. The van der Waals surface area contributed by atoms with Crippen molar-refractivity contribution in [2.24, 2.45) is 0 Å². The van der Waals surface area contributed by atoms with Crippen LogP contribution >= 0.6 is 15.9 Å². The van der Waals surface area contributed by atoms with Crippen molar-refractivity contribution in [3.05, 3.63) is 21.9 Å². The molecule has 0 aliphatic heterocycles. The van der Waals surface area contributed by atoms with Crippen molar-refractivity contribution in [3.8, 4) is 0 Å². The van der Waals surface area contributed by atoms with Gasteiger partial charge in [-0.1, -0.05) is 0 Å². The Morgan fingerprint density at radius 1 is 1.41 bits per heavy atom. The average molecular weight is 301 g/mol. The highest BCUT2D eigenvalue weighted by atomic mass is 79.9. The highest BCUT2D eigenvalue weighted by Crippen LogP contribution is 2.25. The van der Waals surface area contributed by atoms with E-state index in [0.717, 1.165) is 15.7 Å². The monoisotopic (exact) mass is 300 g/mol. The van der Waals surface area contributed by atoms with Crippen LogP contribution in [0, 0.1) is 13.8 Å². The quantitative estimate of drug-likeness (QED) is 0.858. The van der Waals surface area contributed by atoms with Crippen molar-refractivity contribution >= 4 is 27.7 Å². The van der Waals surface area contributed by atoms with Crippen LogP contribution in [0.5, 0.6) is 0 Å². The topological polar surface area (TPSA) is 51.2 Å². The second-order valence-corrected chi connectivity index (χ2v) is 5.67. The van der Waals surface area contributed by atoms with Gasteiger partial charge in [0.1, 0.15) is 5.60 Å². The van der Waals surface area contributed by atoms with Crippen LogP contribution in [-0.4, -0.2) is 16.7 Å². The van der Waals surface area contributed by atoms with Gasteiger partial charge in [-0.15, -0.1) is 0 Å². The number of aromatic nitrogens is 1. The number of nitrogens with zero attached hydrogens (tertiary/aromatic N) is 1. The van der Waals surface area contributed by atoms with E-state index in [-0.39, 0.29) is 0 Å². The van der Waals surface area contributed by atoms with E-state index in [1.807, 2.05) is 34.6 Å². The van der Waals surface area contributed by atoms with Gasteiger partial charge in [-0.05, 0) is 56.1 Å². The molecule has 0 radical (unpaired) electrons. The van der Waals surface area contributed by atoms with E-state index in [9.17, 15) is 4.79 Å². The summed E-state index contributed by atoms with van der Waals surface area (Å²) in [6.07, 6.45) is 1.24. The summed E-state index contributed by atoms with van der Waals surface area (Å²) in [4.78, 5) is 15.8. The fourth-order valence-corrected chi connectivity index (χ4v) is 1.60. The van der Waals surface area contributed by atoms with Crippen molar-refractivity contribution in [2.75, 3.05) is 5.32 Å². The van der Waals surface area contributed by atoms with E-state index in [1.54, 1.807) is 6.20 Å². The molecule has 0 saturated carbocycles. The Labute approximate surface area is 110 Å². The number of pyridine rings is 1. The van der Waals surface area contributed by atoms with E-state index in [2.05, 4.69) is 26.2 Å². The molecule has 0 bridgehead atoms. The third-order valence-electron chi connectivity index (χ3n) is 2.09. The predicted molar refractivity (Wildman–Crippen MR) is 71.3 cm³/mol. The number of carbonyl (C=O) groups is 1. The molecule has 1 N–H and O–H groups in total. The molecule has 1 rings (SSSR count). The summed E-state index contributed by atoms with van der Waals surface area (Å²) in [6.45, 7) is 9.22. The minimum Gasteiger partial charge on any atom is -0.444 e. The summed E-state index contributed by atoms with van der Waals surface area (Å²) in [6, 6.07) is 0. The number of rotatable bonds is 1. The number of ether oxygens (including phenoxy) is 1. The van der Waals surface area contributed by atoms with Crippen molar-refractivity contribution in [3.63, 3.8) is 0 Å². The zero-order valence-electron chi connectivity index (χ0n) is 10.7. The van der Waals surface area contributed by atoms with Gasteiger partial charge < -0.3 is 4.74 Å². The zero-order valence-corrected chi connectivity index (χ0v) is 12.3. The Balaban J connectivity index is 2.89. The first-order valence-electron chi connectivity index (χ1n) is 5.32. The molecule has 0 spiro atoms. The summed E-state index contributed by atoms with van der Waals surface area (Å²) < 4.78 is 6.05. The molecule has 1 heterocycles. The number of anilines is 1. The molecule has 94 valence electrons. The Kier molecular flexibility index (Phi) is 4.14. The molecule has 1 amide bonds.